The van der Waals surface area contributed by atoms with Gasteiger partial charge in [-0.15, -0.1) is 11.3 Å². The van der Waals surface area contributed by atoms with E-state index >= 15 is 0 Å². The molecule has 4 aromatic rings. The number of hydrogen-bond donors (Lipinski definition) is 0. The molecule has 5 rings (SSSR count). The number of methoxy groups -OCH3 is 1. The van der Waals surface area contributed by atoms with Crippen molar-refractivity contribution < 1.29 is 13.9 Å². The summed E-state index contributed by atoms with van der Waals surface area (Å²) in [6.45, 7) is 2.28. The lowest BCUT2D eigenvalue weighted by Crippen LogP contribution is -2.39. The maximum absolute atomic E-state index is 13.4. The minimum absolute atomic E-state index is 0.149. The Hall–Kier alpha value is -2.87. The van der Waals surface area contributed by atoms with Crippen LogP contribution >= 0.6 is 11.3 Å². The fraction of sp³-hybridized carbons (Fsp3) is 0.250. The predicted molar refractivity (Wildman–Crippen MR) is 121 cm³/mol. The van der Waals surface area contributed by atoms with Crippen molar-refractivity contribution in [3.8, 4) is 11.1 Å². The number of anilines is 1. The van der Waals surface area contributed by atoms with Crippen molar-refractivity contribution in [1.29, 1.82) is 0 Å². The van der Waals surface area contributed by atoms with Crippen molar-refractivity contribution in [3.05, 3.63) is 77.2 Å². The standard InChI is InChI=1S/C24H22FN3O2S/c1-29-14-21-26-23(22-19(15-31-24(22)27-21)16-5-3-2-4-6-16)28-11-12-30-20(13-28)17-7-9-18(25)10-8-17/h2-10,15,20H,11-14H2,1H3. The Bertz CT molecular complexity index is 1180. The minimum atomic E-state index is -0.246. The minimum Gasteiger partial charge on any atom is -0.377 e. The van der Waals surface area contributed by atoms with Crippen LogP contribution in [0.15, 0.2) is 60.0 Å². The molecule has 0 saturated carbocycles. The molecule has 158 valence electrons. The first-order chi connectivity index (χ1) is 15.2. The number of aromatic nitrogens is 2. The van der Waals surface area contributed by atoms with E-state index in [1.165, 1.54) is 12.1 Å². The number of hydrogen-bond acceptors (Lipinski definition) is 6. The maximum Gasteiger partial charge on any atom is 0.158 e. The number of benzene rings is 2. The molecule has 1 fully saturated rings. The summed E-state index contributed by atoms with van der Waals surface area (Å²) in [4.78, 5) is 12.8. The molecule has 0 spiro atoms. The van der Waals surface area contributed by atoms with E-state index in [-0.39, 0.29) is 11.9 Å². The van der Waals surface area contributed by atoms with Crippen molar-refractivity contribution >= 4 is 27.4 Å². The van der Waals surface area contributed by atoms with Crippen molar-refractivity contribution in [1.82, 2.24) is 9.97 Å². The topological polar surface area (TPSA) is 47.5 Å². The smallest absolute Gasteiger partial charge is 0.158 e. The van der Waals surface area contributed by atoms with Gasteiger partial charge < -0.3 is 14.4 Å². The normalized spacial score (nSPS) is 16.7. The third-order valence-electron chi connectivity index (χ3n) is 5.43. The van der Waals surface area contributed by atoms with Gasteiger partial charge in [0.2, 0.25) is 0 Å². The summed E-state index contributed by atoms with van der Waals surface area (Å²) in [5.41, 5.74) is 3.23. The van der Waals surface area contributed by atoms with Crippen molar-refractivity contribution in [2.24, 2.45) is 0 Å². The van der Waals surface area contributed by atoms with Crippen LogP contribution in [0.25, 0.3) is 21.3 Å². The molecule has 5 nitrogen and oxygen atoms in total. The fourth-order valence-corrected chi connectivity index (χ4v) is 4.90. The number of thiophene rings is 1. The highest BCUT2D eigenvalue weighted by Crippen LogP contribution is 2.39. The number of morpholine rings is 1. The highest BCUT2D eigenvalue weighted by atomic mass is 32.1. The summed E-state index contributed by atoms with van der Waals surface area (Å²) in [6, 6.07) is 16.8. The molecule has 31 heavy (non-hydrogen) atoms. The summed E-state index contributed by atoms with van der Waals surface area (Å²) in [5, 5.41) is 3.20. The van der Waals surface area contributed by atoms with Crippen LogP contribution in [0.2, 0.25) is 0 Å². The number of nitrogens with zero attached hydrogens (tertiary/aromatic N) is 3. The van der Waals surface area contributed by atoms with Crippen molar-refractivity contribution in [2.45, 2.75) is 12.7 Å². The molecule has 0 amide bonds. The van der Waals surface area contributed by atoms with Gasteiger partial charge in [0.25, 0.3) is 0 Å². The van der Waals surface area contributed by atoms with Gasteiger partial charge in [-0.1, -0.05) is 42.5 Å². The first kappa shape index (κ1) is 20.1. The van der Waals surface area contributed by atoms with Crippen LogP contribution in [0, 0.1) is 5.82 Å². The molecule has 0 bridgehead atoms. The van der Waals surface area contributed by atoms with Gasteiger partial charge in [0.05, 0.1) is 12.0 Å². The van der Waals surface area contributed by atoms with Crippen LogP contribution in [-0.2, 0) is 16.1 Å². The highest BCUT2D eigenvalue weighted by Gasteiger charge is 2.26. The molecule has 2 aromatic heterocycles. The van der Waals surface area contributed by atoms with E-state index in [2.05, 4.69) is 22.4 Å². The van der Waals surface area contributed by atoms with E-state index in [1.54, 1.807) is 30.6 Å². The second-order valence-corrected chi connectivity index (χ2v) is 8.31. The monoisotopic (exact) mass is 435 g/mol. The fourth-order valence-electron chi connectivity index (χ4n) is 3.94. The van der Waals surface area contributed by atoms with Crippen LogP contribution in [-0.4, -0.2) is 36.8 Å². The van der Waals surface area contributed by atoms with Crippen molar-refractivity contribution in [3.63, 3.8) is 0 Å². The van der Waals surface area contributed by atoms with Crippen LogP contribution in [0.4, 0.5) is 10.2 Å². The molecule has 7 heteroatoms. The largest absolute Gasteiger partial charge is 0.377 e. The molecule has 2 aromatic carbocycles. The van der Waals surface area contributed by atoms with Gasteiger partial charge in [-0.25, -0.2) is 14.4 Å². The third kappa shape index (κ3) is 4.04. The van der Waals surface area contributed by atoms with Gasteiger partial charge in [-0.2, -0.15) is 0 Å². The molecule has 1 unspecified atom stereocenters. The van der Waals surface area contributed by atoms with Gasteiger partial charge in [0.15, 0.2) is 5.82 Å². The summed E-state index contributed by atoms with van der Waals surface area (Å²) < 4.78 is 24.7. The zero-order chi connectivity index (χ0) is 21.2. The lowest BCUT2D eigenvalue weighted by Gasteiger charge is -2.34. The summed E-state index contributed by atoms with van der Waals surface area (Å²) in [6.07, 6.45) is -0.149. The molecule has 1 atom stereocenters. The average molecular weight is 436 g/mol. The first-order valence-corrected chi connectivity index (χ1v) is 11.1. The van der Waals surface area contributed by atoms with E-state index in [0.29, 0.717) is 25.6 Å². The number of ether oxygens (including phenoxy) is 2. The van der Waals surface area contributed by atoms with Gasteiger partial charge in [0, 0.05) is 31.1 Å². The summed E-state index contributed by atoms with van der Waals surface area (Å²) >= 11 is 1.62. The van der Waals surface area contributed by atoms with Crippen LogP contribution in [0.5, 0.6) is 0 Å². The van der Waals surface area contributed by atoms with Crippen LogP contribution in [0.3, 0.4) is 0 Å². The molecule has 0 aliphatic carbocycles. The second-order valence-electron chi connectivity index (χ2n) is 7.45. The molecule has 0 radical (unpaired) electrons. The zero-order valence-corrected chi connectivity index (χ0v) is 17.9. The lowest BCUT2D eigenvalue weighted by atomic mass is 10.0. The van der Waals surface area contributed by atoms with Gasteiger partial charge in [-0.05, 0) is 23.3 Å². The number of fused-ring (bicyclic) bond motifs is 1. The molecule has 1 aliphatic rings. The Balaban J connectivity index is 1.58. The Morgan fingerprint density at radius 3 is 2.71 bits per heavy atom. The Labute approximate surface area is 184 Å². The van der Waals surface area contributed by atoms with Gasteiger partial charge >= 0.3 is 0 Å². The van der Waals surface area contributed by atoms with Crippen molar-refractivity contribution in [2.75, 3.05) is 31.7 Å². The van der Waals surface area contributed by atoms with E-state index < -0.39 is 0 Å². The predicted octanol–water partition coefficient (Wildman–Crippen LogP) is 5.22. The maximum atomic E-state index is 13.4. The lowest BCUT2D eigenvalue weighted by molar-refractivity contribution is 0.0395. The number of rotatable bonds is 5. The average Bonchev–Trinajstić information content (AvgIpc) is 3.24. The zero-order valence-electron chi connectivity index (χ0n) is 17.1. The molecular formula is C24H22FN3O2S. The Kier molecular flexibility index (Phi) is 5.63. The van der Waals surface area contributed by atoms with E-state index in [9.17, 15) is 4.39 Å². The van der Waals surface area contributed by atoms with E-state index in [1.807, 2.05) is 18.2 Å². The summed E-state index contributed by atoms with van der Waals surface area (Å²) in [5.74, 6) is 1.31. The Morgan fingerprint density at radius 1 is 1.13 bits per heavy atom. The molecule has 0 N–H and O–H groups in total. The van der Waals surface area contributed by atoms with Crippen LogP contribution in [0.1, 0.15) is 17.5 Å². The van der Waals surface area contributed by atoms with Gasteiger partial charge in [0.1, 0.15) is 29.2 Å². The van der Waals surface area contributed by atoms with Crippen LogP contribution < -0.4 is 4.90 Å². The van der Waals surface area contributed by atoms with Gasteiger partial charge in [-0.3, -0.25) is 0 Å². The molecular weight excluding hydrogens is 413 g/mol. The quantitative estimate of drug-likeness (QED) is 0.430. The molecule has 3 heterocycles. The van der Waals surface area contributed by atoms with E-state index in [0.717, 1.165) is 39.3 Å². The Morgan fingerprint density at radius 2 is 1.94 bits per heavy atom. The summed E-state index contributed by atoms with van der Waals surface area (Å²) in [7, 11) is 1.65. The molecule has 1 saturated heterocycles. The molecule has 1 aliphatic heterocycles. The SMILES string of the molecule is COCc1nc(N2CCOC(c3ccc(F)cc3)C2)c2c(-c3ccccc3)csc2n1. The highest BCUT2D eigenvalue weighted by molar-refractivity contribution is 7.17. The first-order valence-electron chi connectivity index (χ1n) is 10.2. The second kappa shape index (κ2) is 8.70. The number of halogens is 1. The van der Waals surface area contributed by atoms with E-state index in [4.69, 9.17) is 19.4 Å². The third-order valence-corrected chi connectivity index (χ3v) is 6.30.